The van der Waals surface area contributed by atoms with Crippen LogP contribution in [-0.4, -0.2) is 55.7 Å². The summed E-state index contributed by atoms with van der Waals surface area (Å²) in [5.74, 6) is 0.378. The van der Waals surface area contributed by atoms with Crippen LogP contribution >= 0.6 is 0 Å². The molecule has 0 fully saturated rings. The molecule has 9 nitrogen and oxygen atoms in total. The Balaban J connectivity index is 1.56. The van der Waals surface area contributed by atoms with Crippen LogP contribution in [0.1, 0.15) is 64.1 Å². The van der Waals surface area contributed by atoms with Crippen molar-refractivity contribution in [3.8, 4) is 17.1 Å². The molecular formula is C27H31F3N6O3. The fraction of sp³-hybridized carbons (Fsp3) is 0.481. The molecule has 5 heterocycles. The Morgan fingerprint density at radius 3 is 2.85 bits per heavy atom. The fourth-order valence-electron chi connectivity index (χ4n) is 4.99. The average Bonchev–Trinajstić information content (AvgIpc) is 3.57. The number of hydrogen-bond donors (Lipinski definition) is 1. The van der Waals surface area contributed by atoms with E-state index >= 15 is 0 Å². The molecule has 2 amide bonds. The maximum Gasteiger partial charge on any atom is 0.389 e. The second-order valence-corrected chi connectivity index (χ2v) is 9.78. The summed E-state index contributed by atoms with van der Waals surface area (Å²) in [5.41, 5.74) is 3.59. The van der Waals surface area contributed by atoms with Crippen molar-refractivity contribution in [1.29, 1.82) is 0 Å². The predicted octanol–water partition coefficient (Wildman–Crippen LogP) is 6.29. The van der Waals surface area contributed by atoms with E-state index in [1.165, 1.54) is 0 Å². The molecule has 0 saturated heterocycles. The molecule has 5 rings (SSSR count). The van der Waals surface area contributed by atoms with Crippen LogP contribution in [0.25, 0.3) is 28.0 Å². The van der Waals surface area contributed by atoms with Gasteiger partial charge in [-0.1, -0.05) is 6.42 Å². The molecule has 208 valence electrons. The van der Waals surface area contributed by atoms with Crippen LogP contribution in [-0.2, 0) is 0 Å². The van der Waals surface area contributed by atoms with Gasteiger partial charge in [-0.05, 0) is 45.6 Å². The number of hydrogen-bond acceptors (Lipinski definition) is 6. The number of ether oxygens (including phenoxy) is 1. The Hall–Kier alpha value is -3.83. The maximum absolute atomic E-state index is 13.4. The van der Waals surface area contributed by atoms with E-state index in [4.69, 9.17) is 19.1 Å². The van der Waals surface area contributed by atoms with Crippen molar-refractivity contribution in [3.05, 3.63) is 42.7 Å². The number of urea groups is 1. The molecule has 4 aromatic heterocycles. The van der Waals surface area contributed by atoms with Gasteiger partial charge in [0.2, 0.25) is 5.65 Å². The molecule has 1 aliphatic rings. The zero-order chi connectivity index (χ0) is 27.6. The number of fused-ring (bicyclic) bond motifs is 9. The van der Waals surface area contributed by atoms with Crippen LogP contribution in [0.15, 0.2) is 41.4 Å². The predicted molar refractivity (Wildman–Crippen MR) is 138 cm³/mol. The van der Waals surface area contributed by atoms with E-state index in [0.717, 1.165) is 6.42 Å². The van der Waals surface area contributed by atoms with E-state index in [0.29, 0.717) is 72.0 Å². The van der Waals surface area contributed by atoms with E-state index < -0.39 is 30.7 Å². The summed E-state index contributed by atoms with van der Waals surface area (Å²) in [6, 6.07) is 2.09. The highest BCUT2D eigenvalue weighted by Crippen LogP contribution is 2.33. The lowest BCUT2D eigenvalue weighted by Crippen LogP contribution is -2.46. The quantitative estimate of drug-likeness (QED) is 0.325. The summed E-state index contributed by atoms with van der Waals surface area (Å²) in [4.78, 5) is 28.8. The Labute approximate surface area is 223 Å². The molecule has 0 aromatic carbocycles. The van der Waals surface area contributed by atoms with Crippen molar-refractivity contribution in [2.24, 2.45) is 0 Å². The van der Waals surface area contributed by atoms with Crippen LogP contribution in [0.2, 0.25) is 0 Å². The molecule has 2 atom stereocenters. The second-order valence-electron chi connectivity index (χ2n) is 9.78. The maximum atomic E-state index is 13.4. The highest BCUT2D eigenvalue weighted by atomic mass is 19.4. The monoisotopic (exact) mass is 544 g/mol. The topological polar surface area (TPSA) is 97.8 Å². The molecule has 1 aliphatic heterocycles. The molecule has 0 aliphatic carbocycles. The number of aromatic nitrogens is 4. The number of pyridine rings is 1. The van der Waals surface area contributed by atoms with Gasteiger partial charge in [0.05, 0.1) is 30.3 Å². The summed E-state index contributed by atoms with van der Waals surface area (Å²) in [5, 5.41) is 2.86. The summed E-state index contributed by atoms with van der Waals surface area (Å²) in [6.07, 6.45) is 3.95. The number of halogens is 3. The first-order chi connectivity index (χ1) is 18.7. The van der Waals surface area contributed by atoms with Crippen molar-refractivity contribution in [2.45, 2.75) is 70.6 Å². The van der Waals surface area contributed by atoms with Gasteiger partial charge in [-0.15, -0.1) is 0 Å². The van der Waals surface area contributed by atoms with Crippen LogP contribution in [0.3, 0.4) is 0 Å². The van der Waals surface area contributed by atoms with E-state index in [1.54, 1.807) is 23.4 Å². The van der Waals surface area contributed by atoms with Crippen LogP contribution in [0.4, 0.5) is 18.0 Å². The first kappa shape index (κ1) is 26.8. The van der Waals surface area contributed by atoms with Gasteiger partial charge in [-0.25, -0.2) is 19.7 Å². The summed E-state index contributed by atoms with van der Waals surface area (Å²) in [6.45, 7) is 4.40. The van der Waals surface area contributed by atoms with Crippen LogP contribution < -0.4 is 10.1 Å². The van der Waals surface area contributed by atoms with Gasteiger partial charge in [0.1, 0.15) is 5.52 Å². The third-order valence-corrected chi connectivity index (χ3v) is 7.09. The van der Waals surface area contributed by atoms with Gasteiger partial charge in [0.25, 0.3) is 5.88 Å². The highest BCUT2D eigenvalue weighted by Gasteiger charge is 2.30. The second kappa shape index (κ2) is 11.1. The van der Waals surface area contributed by atoms with Crippen molar-refractivity contribution < 1.29 is 27.1 Å². The zero-order valence-corrected chi connectivity index (χ0v) is 21.9. The Kier molecular flexibility index (Phi) is 7.62. The Morgan fingerprint density at radius 1 is 1.21 bits per heavy atom. The summed E-state index contributed by atoms with van der Waals surface area (Å²) >= 11 is 0. The largest absolute Gasteiger partial charge is 0.475 e. The lowest BCUT2D eigenvalue weighted by atomic mass is 10.0. The molecule has 1 N–H and O–H groups in total. The van der Waals surface area contributed by atoms with Crippen molar-refractivity contribution in [2.75, 3.05) is 13.2 Å². The van der Waals surface area contributed by atoms with Crippen LogP contribution in [0, 0.1) is 0 Å². The average molecular weight is 545 g/mol. The SMILES string of the molecule is CCN1C(=O)N[C@@H](CCC(F)(F)F)CCCCCOc2nc(cn3ccnc23)-c2cc(nc3ccoc23)C1C. The first-order valence-electron chi connectivity index (χ1n) is 13.2. The molecule has 0 radical (unpaired) electrons. The van der Waals surface area contributed by atoms with Gasteiger partial charge in [-0.2, -0.15) is 13.2 Å². The van der Waals surface area contributed by atoms with Gasteiger partial charge in [0.15, 0.2) is 5.58 Å². The van der Waals surface area contributed by atoms with Crippen LogP contribution in [0.5, 0.6) is 5.88 Å². The highest BCUT2D eigenvalue weighted by molar-refractivity contribution is 5.89. The summed E-state index contributed by atoms with van der Waals surface area (Å²) < 4.78 is 52.7. The van der Waals surface area contributed by atoms with E-state index in [9.17, 15) is 18.0 Å². The minimum absolute atomic E-state index is 0.172. The molecule has 4 aromatic rings. The minimum Gasteiger partial charge on any atom is -0.475 e. The lowest BCUT2D eigenvalue weighted by Gasteiger charge is -2.30. The van der Waals surface area contributed by atoms with Crippen molar-refractivity contribution in [1.82, 2.24) is 29.6 Å². The van der Waals surface area contributed by atoms with E-state index in [-0.39, 0.29) is 6.42 Å². The number of nitrogens with zero attached hydrogens (tertiary/aromatic N) is 5. The number of imidazole rings is 1. The standard InChI is InChI=1S/C27H31F3N6O3/c1-3-36-17(2)21-15-19(23-20(33-21)9-14-38-23)22-16-35-12-11-31-24(35)25(34-22)39-13-6-4-5-7-18(32-26(36)37)8-10-27(28,29)30/h9,11-12,14-18H,3-8,10,13H2,1-2H3,(H,32,37)/t17?,18-/m1/s1. The Morgan fingerprint density at radius 2 is 2.05 bits per heavy atom. The lowest BCUT2D eigenvalue weighted by molar-refractivity contribution is -0.136. The molecular weight excluding hydrogens is 513 g/mol. The van der Waals surface area contributed by atoms with Gasteiger partial charge in [-0.3, -0.25) is 0 Å². The number of furan rings is 1. The number of carbonyl (C=O) groups is 1. The van der Waals surface area contributed by atoms with Crippen molar-refractivity contribution >= 4 is 22.8 Å². The normalized spacial score (nSPS) is 19.6. The number of amides is 2. The van der Waals surface area contributed by atoms with Gasteiger partial charge >= 0.3 is 12.2 Å². The Bertz CT molecular complexity index is 1450. The zero-order valence-electron chi connectivity index (χ0n) is 21.9. The summed E-state index contributed by atoms with van der Waals surface area (Å²) in [7, 11) is 0. The van der Waals surface area contributed by atoms with E-state index in [2.05, 4.69) is 10.3 Å². The number of nitrogens with one attached hydrogen (secondary N) is 1. The van der Waals surface area contributed by atoms with Gasteiger partial charge < -0.3 is 23.8 Å². The molecule has 0 spiro atoms. The molecule has 39 heavy (non-hydrogen) atoms. The smallest absolute Gasteiger partial charge is 0.389 e. The van der Waals surface area contributed by atoms with Crippen molar-refractivity contribution in [3.63, 3.8) is 0 Å². The molecule has 1 unspecified atom stereocenters. The van der Waals surface area contributed by atoms with E-state index in [1.807, 2.05) is 36.7 Å². The fourth-order valence-corrected chi connectivity index (χ4v) is 4.99. The number of carbonyl (C=O) groups excluding carboxylic acids is 1. The first-order valence-corrected chi connectivity index (χ1v) is 13.2. The third-order valence-electron chi connectivity index (χ3n) is 7.09. The van der Waals surface area contributed by atoms with Gasteiger partial charge in [0, 0.05) is 49.2 Å². The minimum atomic E-state index is -4.29. The number of rotatable bonds is 3. The number of alkyl halides is 3. The molecule has 0 saturated carbocycles. The third kappa shape index (κ3) is 5.94. The molecule has 12 heteroatoms. The molecule has 4 bridgehead atoms.